The first kappa shape index (κ1) is 36.0. The summed E-state index contributed by atoms with van der Waals surface area (Å²) in [5, 5.41) is 4.12. The third-order valence-corrected chi connectivity index (χ3v) is 7.09. The molecule has 0 spiro atoms. The van der Waals surface area contributed by atoms with Crippen molar-refractivity contribution in [3.05, 3.63) is 96.1 Å². The Kier molecular flexibility index (Phi) is 14.6. The molecule has 0 amide bonds. The van der Waals surface area contributed by atoms with Crippen molar-refractivity contribution in [3.8, 4) is 0 Å². The number of nitrogens with one attached hydrogen (secondary N) is 1. The summed E-state index contributed by atoms with van der Waals surface area (Å²) in [6.07, 6.45) is 0. The standard InChI is InChI=1S/C33H35N5O8S/c1-4-43-30(39)28(35-3)31(40)44-20-19-36-38(23(2)47-27-13-9-6-10-14-27)26-17-15-25(16-18-26)22-46-33(42)29(37-34)32(41)45-21-24-11-7-5-8-12-24/h5-18,36H,4,19-22H2,1-3H3,(H-,34,41,42)/p+1. The number of hydrazine groups is 1. The molecule has 3 aromatic carbocycles. The maximum atomic E-state index is 12.5. The molecule has 0 fully saturated rings. The van der Waals surface area contributed by atoms with E-state index in [1.54, 1.807) is 55.5 Å². The van der Waals surface area contributed by atoms with E-state index in [1.807, 2.05) is 48.0 Å². The van der Waals surface area contributed by atoms with E-state index >= 15 is 0 Å². The minimum absolute atomic E-state index is 0.0545. The highest BCUT2D eigenvalue weighted by Crippen LogP contribution is 2.22. The van der Waals surface area contributed by atoms with E-state index in [1.165, 1.54) is 18.8 Å². The fourth-order valence-corrected chi connectivity index (χ4v) is 4.76. The van der Waals surface area contributed by atoms with Gasteiger partial charge in [-0.2, -0.15) is 10.5 Å². The zero-order valence-electron chi connectivity index (χ0n) is 26.2. The van der Waals surface area contributed by atoms with Crippen LogP contribution in [-0.4, -0.2) is 71.8 Å². The molecule has 3 rings (SSSR count). The van der Waals surface area contributed by atoms with Gasteiger partial charge in [0.25, 0.3) is 5.71 Å². The lowest BCUT2D eigenvalue weighted by molar-refractivity contribution is -0.505. The topological polar surface area (TPSA) is 171 Å². The van der Waals surface area contributed by atoms with Crippen LogP contribution in [0.2, 0.25) is 0 Å². The molecule has 0 aromatic heterocycles. The largest absolute Gasteiger partial charge is 0.461 e. The molecule has 0 aliphatic carbocycles. The van der Waals surface area contributed by atoms with Crippen molar-refractivity contribution < 1.29 is 42.8 Å². The number of esters is 4. The number of nitrogens with zero attached hydrogens (tertiary/aromatic N) is 3. The van der Waals surface area contributed by atoms with Crippen LogP contribution in [0.25, 0.3) is 0 Å². The van der Waals surface area contributed by atoms with Crippen molar-refractivity contribution in [1.29, 1.82) is 0 Å². The maximum absolute atomic E-state index is 12.5. The highest BCUT2D eigenvalue weighted by atomic mass is 32.2. The van der Waals surface area contributed by atoms with E-state index in [9.17, 15) is 19.2 Å². The third-order valence-electron chi connectivity index (χ3n) is 6.11. The van der Waals surface area contributed by atoms with Crippen LogP contribution in [-0.2, 0) is 51.3 Å². The SMILES string of the molecule is CCOC(=O)C(=NC)C(=O)OCCN[N+](=C(C)Sc1ccccc1)c1ccc(COC(=O)C(=NN)C(=O)OCc2ccccc2)cc1. The molecule has 13 nitrogen and oxygen atoms in total. The van der Waals surface area contributed by atoms with Crippen LogP contribution >= 0.6 is 11.8 Å². The lowest BCUT2D eigenvalue weighted by Gasteiger charge is -2.10. The van der Waals surface area contributed by atoms with Crippen molar-refractivity contribution in [3.63, 3.8) is 0 Å². The molecule has 0 radical (unpaired) electrons. The quantitative estimate of drug-likeness (QED) is 0.0234. The zero-order chi connectivity index (χ0) is 34.0. The van der Waals surface area contributed by atoms with Crippen LogP contribution in [0.4, 0.5) is 5.69 Å². The van der Waals surface area contributed by atoms with Crippen LogP contribution in [0.5, 0.6) is 0 Å². The number of aliphatic imine (C=N–C) groups is 1. The summed E-state index contributed by atoms with van der Waals surface area (Å²) in [7, 11) is 1.31. The van der Waals surface area contributed by atoms with Crippen molar-refractivity contribution >= 4 is 57.8 Å². The summed E-state index contributed by atoms with van der Waals surface area (Å²) in [5.74, 6) is 1.53. The molecule has 0 saturated heterocycles. The minimum atomic E-state index is -1.02. The van der Waals surface area contributed by atoms with Crippen LogP contribution < -0.4 is 11.3 Å². The Hall–Kier alpha value is -5.50. The second kappa shape index (κ2) is 19.1. The van der Waals surface area contributed by atoms with Crippen molar-refractivity contribution in [1.82, 2.24) is 5.43 Å². The summed E-state index contributed by atoms with van der Waals surface area (Å²) < 4.78 is 22.3. The lowest BCUT2D eigenvalue weighted by Crippen LogP contribution is -2.34. The molecule has 3 aromatic rings. The van der Waals surface area contributed by atoms with Gasteiger partial charge in [-0.3, -0.25) is 4.99 Å². The zero-order valence-corrected chi connectivity index (χ0v) is 27.0. The van der Waals surface area contributed by atoms with Gasteiger partial charge in [0, 0.05) is 31.0 Å². The van der Waals surface area contributed by atoms with Crippen LogP contribution in [0.1, 0.15) is 25.0 Å². The van der Waals surface area contributed by atoms with E-state index < -0.39 is 35.3 Å². The van der Waals surface area contributed by atoms with E-state index in [-0.39, 0.29) is 33.0 Å². The molecule has 0 aliphatic heterocycles. The number of hydrazone groups is 2. The second-order valence-corrected chi connectivity index (χ2v) is 10.7. The van der Waals surface area contributed by atoms with Crippen molar-refractivity contribution in [2.24, 2.45) is 15.9 Å². The summed E-state index contributed by atoms with van der Waals surface area (Å²) >= 11 is 1.51. The van der Waals surface area contributed by atoms with Gasteiger partial charge >= 0.3 is 23.9 Å². The Morgan fingerprint density at radius 1 is 0.745 bits per heavy atom. The number of hydrogen-bond donors (Lipinski definition) is 2. The first-order valence-electron chi connectivity index (χ1n) is 14.4. The highest BCUT2D eigenvalue weighted by molar-refractivity contribution is 8.13. The van der Waals surface area contributed by atoms with Gasteiger partial charge in [0.2, 0.25) is 16.4 Å². The Balaban J connectivity index is 1.64. The van der Waals surface area contributed by atoms with Gasteiger partial charge in [-0.1, -0.05) is 53.2 Å². The minimum Gasteiger partial charge on any atom is -0.461 e. The van der Waals surface area contributed by atoms with Crippen molar-refractivity contribution in [2.75, 3.05) is 26.8 Å². The maximum Gasteiger partial charge on any atom is 0.366 e. The Morgan fingerprint density at radius 3 is 1.83 bits per heavy atom. The molecule has 246 valence electrons. The summed E-state index contributed by atoms with van der Waals surface area (Å²) in [6, 6.07) is 25.8. The van der Waals surface area contributed by atoms with E-state index in [2.05, 4.69) is 15.5 Å². The molecule has 0 unspecified atom stereocenters. The van der Waals surface area contributed by atoms with Crippen molar-refractivity contribution in [2.45, 2.75) is 32.0 Å². The van der Waals surface area contributed by atoms with E-state index in [0.717, 1.165) is 21.2 Å². The van der Waals surface area contributed by atoms with E-state index in [4.69, 9.17) is 24.8 Å². The number of hydrogen-bond acceptors (Lipinski definition) is 13. The smallest absolute Gasteiger partial charge is 0.366 e. The number of thioether (sulfide) groups is 1. The predicted molar refractivity (Wildman–Crippen MR) is 176 cm³/mol. The van der Waals surface area contributed by atoms with Gasteiger partial charge < -0.3 is 24.8 Å². The van der Waals surface area contributed by atoms with Crippen LogP contribution in [0, 0.1) is 0 Å². The monoisotopic (exact) mass is 662 g/mol. The van der Waals surface area contributed by atoms with Gasteiger partial charge in [0.1, 0.15) is 26.4 Å². The lowest BCUT2D eigenvalue weighted by atomic mass is 10.2. The number of nitrogens with two attached hydrogens (primary N) is 1. The van der Waals surface area contributed by atoms with Gasteiger partial charge in [-0.25, -0.2) is 19.2 Å². The number of benzene rings is 3. The average Bonchev–Trinajstić information content (AvgIpc) is 3.08. The molecule has 3 N–H and O–H groups in total. The van der Waals surface area contributed by atoms with Crippen LogP contribution in [0.15, 0.2) is 99.9 Å². The summed E-state index contributed by atoms with van der Waals surface area (Å²) in [5.41, 5.74) is 4.24. The molecule has 0 saturated carbocycles. The highest BCUT2D eigenvalue weighted by Gasteiger charge is 2.25. The number of rotatable bonds is 15. The number of carbonyl (C=O) groups excluding carboxylic acids is 4. The second-order valence-electron chi connectivity index (χ2n) is 9.39. The molecule has 0 heterocycles. The molecule has 14 heteroatoms. The third kappa shape index (κ3) is 11.4. The normalized spacial score (nSPS) is 12.0. The Labute approximate surface area is 276 Å². The molecule has 0 atom stereocenters. The van der Waals surface area contributed by atoms with Crippen LogP contribution in [0.3, 0.4) is 0 Å². The van der Waals surface area contributed by atoms with Gasteiger partial charge in [-0.05, 0) is 54.1 Å². The Morgan fingerprint density at radius 2 is 1.28 bits per heavy atom. The molecular weight excluding hydrogens is 626 g/mol. The summed E-state index contributed by atoms with van der Waals surface area (Å²) in [6.45, 7) is 3.56. The first-order chi connectivity index (χ1) is 22.8. The fraction of sp³-hybridized carbons (Fsp3) is 0.242. The van der Waals surface area contributed by atoms with E-state index in [0.29, 0.717) is 5.56 Å². The van der Waals surface area contributed by atoms with Gasteiger partial charge in [0.05, 0.1) is 6.61 Å². The predicted octanol–water partition coefficient (Wildman–Crippen LogP) is 3.32. The van der Waals surface area contributed by atoms with Gasteiger partial charge in [0.15, 0.2) is 0 Å². The molecule has 0 bridgehead atoms. The molecular formula is C33H36N5O8S+. The average molecular weight is 663 g/mol. The summed E-state index contributed by atoms with van der Waals surface area (Å²) in [4.78, 5) is 53.8. The molecule has 0 aliphatic rings. The first-order valence-corrected chi connectivity index (χ1v) is 15.2. The number of ether oxygens (including phenoxy) is 4. The molecule has 47 heavy (non-hydrogen) atoms. The number of carbonyl (C=O) groups is 4. The fourth-order valence-electron chi connectivity index (χ4n) is 3.86. The van der Waals surface area contributed by atoms with Gasteiger partial charge in [-0.15, -0.1) is 0 Å². The Bertz CT molecular complexity index is 1610.